The third-order valence-electron chi connectivity index (χ3n) is 7.04. The maximum atomic E-state index is 13.1. The van der Waals surface area contributed by atoms with Gasteiger partial charge in [-0.05, 0) is 65.3 Å². The second-order valence-corrected chi connectivity index (χ2v) is 9.43. The molecule has 1 atom stereocenters. The summed E-state index contributed by atoms with van der Waals surface area (Å²) in [6.45, 7) is 5.44. The van der Waals surface area contributed by atoms with Gasteiger partial charge in [-0.25, -0.2) is 4.68 Å². The van der Waals surface area contributed by atoms with Gasteiger partial charge in [-0.2, -0.15) is 0 Å². The summed E-state index contributed by atoms with van der Waals surface area (Å²) >= 11 is 0. The van der Waals surface area contributed by atoms with E-state index in [0.717, 1.165) is 47.1 Å². The molecule has 7 heteroatoms. The number of H-pyrrole nitrogens is 1. The van der Waals surface area contributed by atoms with E-state index in [-0.39, 0.29) is 11.6 Å². The number of hydrogen-bond acceptors (Lipinski definition) is 5. The SMILES string of the molecule is CC[C@H](c1nnnn1Cc1ccccc1)N(Cc1cc2ccc(C)cc2[nH]c1=O)C1CCCC1. The maximum absolute atomic E-state index is 13.1. The van der Waals surface area contributed by atoms with Crippen molar-refractivity contribution in [2.45, 2.75) is 71.1 Å². The smallest absolute Gasteiger partial charge is 0.252 e. The summed E-state index contributed by atoms with van der Waals surface area (Å²) in [5.41, 5.74) is 3.97. The van der Waals surface area contributed by atoms with Gasteiger partial charge >= 0.3 is 0 Å². The van der Waals surface area contributed by atoms with Crippen LogP contribution in [-0.4, -0.2) is 36.1 Å². The van der Waals surface area contributed by atoms with Gasteiger partial charge in [0.15, 0.2) is 5.82 Å². The minimum Gasteiger partial charge on any atom is -0.322 e. The lowest BCUT2D eigenvalue weighted by atomic mass is 10.0. The molecule has 0 amide bonds. The molecule has 0 saturated heterocycles. The first kappa shape index (κ1) is 22.5. The number of aryl methyl sites for hydroxylation is 1. The molecule has 0 aliphatic heterocycles. The molecule has 1 saturated carbocycles. The number of aromatic amines is 1. The van der Waals surface area contributed by atoms with Gasteiger partial charge < -0.3 is 4.98 Å². The van der Waals surface area contributed by atoms with Crippen LogP contribution in [0.4, 0.5) is 0 Å². The number of aromatic nitrogens is 5. The molecular weight excluding hydrogens is 424 g/mol. The third-order valence-corrected chi connectivity index (χ3v) is 7.04. The van der Waals surface area contributed by atoms with E-state index in [1.54, 1.807) is 0 Å². The minimum atomic E-state index is -0.0140. The number of nitrogens with zero attached hydrogens (tertiary/aromatic N) is 5. The average Bonchev–Trinajstić information content (AvgIpc) is 3.53. The van der Waals surface area contributed by atoms with Crippen LogP contribution in [0.25, 0.3) is 10.9 Å². The van der Waals surface area contributed by atoms with Gasteiger partial charge in [0.1, 0.15) is 0 Å². The van der Waals surface area contributed by atoms with E-state index in [1.165, 1.54) is 18.4 Å². The molecule has 0 unspecified atom stereocenters. The molecule has 34 heavy (non-hydrogen) atoms. The van der Waals surface area contributed by atoms with Crippen molar-refractivity contribution < 1.29 is 0 Å². The number of pyridine rings is 1. The molecule has 0 bridgehead atoms. The molecular formula is C27H32N6O. The monoisotopic (exact) mass is 456 g/mol. The largest absolute Gasteiger partial charge is 0.322 e. The Balaban J connectivity index is 1.49. The molecule has 176 valence electrons. The second-order valence-electron chi connectivity index (χ2n) is 9.43. The van der Waals surface area contributed by atoms with Crippen molar-refractivity contribution in [2.75, 3.05) is 0 Å². The van der Waals surface area contributed by atoms with Crippen molar-refractivity contribution in [1.29, 1.82) is 0 Å². The summed E-state index contributed by atoms with van der Waals surface area (Å²) in [6, 6.07) is 19.0. The molecule has 4 aromatic rings. The van der Waals surface area contributed by atoms with E-state index < -0.39 is 0 Å². The van der Waals surface area contributed by atoms with Crippen LogP contribution in [0.3, 0.4) is 0 Å². The van der Waals surface area contributed by atoms with Crippen LogP contribution in [0.1, 0.15) is 67.6 Å². The quantitative estimate of drug-likeness (QED) is 0.413. The fourth-order valence-electron chi connectivity index (χ4n) is 5.29. The maximum Gasteiger partial charge on any atom is 0.252 e. The molecule has 0 spiro atoms. The van der Waals surface area contributed by atoms with Crippen molar-refractivity contribution in [3.8, 4) is 0 Å². The zero-order valence-electron chi connectivity index (χ0n) is 19.9. The summed E-state index contributed by atoms with van der Waals surface area (Å²) < 4.78 is 1.92. The van der Waals surface area contributed by atoms with Crippen LogP contribution >= 0.6 is 0 Å². The first-order chi connectivity index (χ1) is 16.6. The number of rotatable bonds is 8. The van der Waals surface area contributed by atoms with E-state index in [2.05, 4.69) is 62.7 Å². The molecule has 7 nitrogen and oxygen atoms in total. The Morgan fingerprint density at radius 2 is 1.91 bits per heavy atom. The van der Waals surface area contributed by atoms with Crippen molar-refractivity contribution in [3.05, 3.63) is 87.5 Å². The Hall–Kier alpha value is -3.32. The van der Waals surface area contributed by atoms with Crippen LogP contribution < -0.4 is 5.56 Å². The molecule has 1 aliphatic rings. The zero-order chi connectivity index (χ0) is 23.5. The highest BCUT2D eigenvalue weighted by atomic mass is 16.1. The van der Waals surface area contributed by atoms with Crippen molar-refractivity contribution in [1.82, 2.24) is 30.1 Å². The summed E-state index contributed by atoms with van der Waals surface area (Å²) in [5.74, 6) is 0.867. The second kappa shape index (κ2) is 9.89. The lowest BCUT2D eigenvalue weighted by molar-refractivity contribution is 0.112. The highest BCUT2D eigenvalue weighted by Gasteiger charge is 2.32. The Bertz CT molecular complexity index is 1310. The van der Waals surface area contributed by atoms with Crippen LogP contribution in [0.2, 0.25) is 0 Å². The normalized spacial score (nSPS) is 15.4. The summed E-state index contributed by atoms with van der Waals surface area (Å²) in [7, 11) is 0. The van der Waals surface area contributed by atoms with Gasteiger partial charge in [-0.1, -0.05) is 62.2 Å². The molecule has 2 heterocycles. The average molecular weight is 457 g/mol. The van der Waals surface area contributed by atoms with E-state index in [0.29, 0.717) is 19.1 Å². The van der Waals surface area contributed by atoms with Gasteiger partial charge in [0.2, 0.25) is 0 Å². The topological polar surface area (TPSA) is 79.7 Å². The minimum absolute atomic E-state index is 0.0140. The van der Waals surface area contributed by atoms with E-state index >= 15 is 0 Å². The first-order valence-electron chi connectivity index (χ1n) is 12.3. The molecule has 2 aromatic carbocycles. The zero-order valence-corrected chi connectivity index (χ0v) is 19.9. The fourth-order valence-corrected chi connectivity index (χ4v) is 5.29. The van der Waals surface area contributed by atoms with E-state index in [1.807, 2.05) is 35.9 Å². The molecule has 1 fully saturated rings. The Kier molecular flexibility index (Phi) is 6.54. The highest BCUT2D eigenvalue weighted by molar-refractivity contribution is 5.79. The predicted molar refractivity (Wildman–Crippen MR) is 133 cm³/mol. The molecule has 2 aromatic heterocycles. The van der Waals surface area contributed by atoms with Crippen LogP contribution in [0.5, 0.6) is 0 Å². The van der Waals surface area contributed by atoms with Gasteiger partial charge in [-0.15, -0.1) is 5.10 Å². The van der Waals surface area contributed by atoms with E-state index in [9.17, 15) is 4.79 Å². The predicted octanol–water partition coefficient (Wildman–Crippen LogP) is 4.77. The van der Waals surface area contributed by atoms with Crippen LogP contribution in [0.15, 0.2) is 59.4 Å². The number of fused-ring (bicyclic) bond motifs is 1. The molecule has 1 aliphatic carbocycles. The number of hydrogen-bond donors (Lipinski definition) is 1. The third kappa shape index (κ3) is 4.66. The summed E-state index contributed by atoms with van der Waals surface area (Å²) in [6.07, 6.45) is 5.60. The first-order valence-corrected chi connectivity index (χ1v) is 12.3. The van der Waals surface area contributed by atoms with Crippen molar-refractivity contribution in [3.63, 3.8) is 0 Å². The van der Waals surface area contributed by atoms with E-state index in [4.69, 9.17) is 0 Å². The van der Waals surface area contributed by atoms with Gasteiger partial charge in [0.05, 0.1) is 12.6 Å². The Labute approximate surface area is 199 Å². The van der Waals surface area contributed by atoms with Crippen LogP contribution in [0, 0.1) is 6.92 Å². The summed E-state index contributed by atoms with van der Waals surface area (Å²) in [4.78, 5) is 18.7. The number of benzene rings is 2. The van der Waals surface area contributed by atoms with Crippen LogP contribution in [-0.2, 0) is 13.1 Å². The Morgan fingerprint density at radius 1 is 1.12 bits per heavy atom. The standard InChI is InChI=1S/C27H32N6O/c1-3-25(26-29-30-31-33(26)17-20-9-5-4-6-10-20)32(23-11-7-8-12-23)18-22-16-21-14-13-19(2)15-24(21)28-27(22)34/h4-6,9-10,13-16,23,25H,3,7-8,11-12,17-18H2,1-2H3,(H,28,34)/t25-/m1/s1. The number of tetrazole rings is 1. The van der Waals surface area contributed by atoms with Crippen molar-refractivity contribution >= 4 is 10.9 Å². The highest BCUT2D eigenvalue weighted by Crippen LogP contribution is 2.33. The van der Waals surface area contributed by atoms with Gasteiger partial charge in [-0.3, -0.25) is 9.69 Å². The van der Waals surface area contributed by atoms with Gasteiger partial charge in [0.25, 0.3) is 5.56 Å². The lowest BCUT2D eigenvalue weighted by Gasteiger charge is -2.35. The van der Waals surface area contributed by atoms with Gasteiger partial charge in [0, 0.05) is 23.7 Å². The fraction of sp³-hybridized carbons (Fsp3) is 0.407. The summed E-state index contributed by atoms with van der Waals surface area (Å²) in [5, 5.41) is 13.9. The van der Waals surface area contributed by atoms with Crippen molar-refractivity contribution in [2.24, 2.45) is 0 Å². The number of nitrogens with one attached hydrogen (secondary N) is 1. The molecule has 0 radical (unpaired) electrons. The molecule has 1 N–H and O–H groups in total. The lowest BCUT2D eigenvalue weighted by Crippen LogP contribution is -2.39. The molecule has 5 rings (SSSR count). The Morgan fingerprint density at radius 3 is 2.68 bits per heavy atom.